The van der Waals surface area contributed by atoms with Gasteiger partial charge in [0.05, 0.1) is 30.8 Å². The fourth-order valence-electron chi connectivity index (χ4n) is 3.91. The van der Waals surface area contributed by atoms with Crippen LogP contribution in [0.1, 0.15) is 46.0 Å². The van der Waals surface area contributed by atoms with Gasteiger partial charge in [-0.05, 0) is 49.9 Å². The molecule has 0 spiro atoms. The summed E-state index contributed by atoms with van der Waals surface area (Å²) in [6.07, 6.45) is 5.02. The van der Waals surface area contributed by atoms with Crippen molar-refractivity contribution in [3.8, 4) is 0 Å². The van der Waals surface area contributed by atoms with Crippen LogP contribution in [0.2, 0.25) is 0 Å². The molecule has 4 nitrogen and oxygen atoms in total. The number of rotatable bonds is 3. The number of hydrogen-bond donors (Lipinski definition) is 1. The SMILES string of the molecule is CC1CC(O)CCC1COC(=O)C1CC2OC2CC1C. The zero-order chi connectivity index (χ0) is 14.3. The summed E-state index contributed by atoms with van der Waals surface area (Å²) < 4.78 is 11.1. The minimum absolute atomic E-state index is 0.0169. The molecule has 7 atom stereocenters. The van der Waals surface area contributed by atoms with E-state index >= 15 is 0 Å². The lowest BCUT2D eigenvalue weighted by molar-refractivity contribution is -0.153. The molecule has 0 amide bonds. The maximum absolute atomic E-state index is 12.3. The number of fused-ring (bicyclic) bond motifs is 1. The molecule has 7 unspecified atom stereocenters. The molecular formula is C16H26O4. The first-order valence-corrected chi connectivity index (χ1v) is 8.04. The fraction of sp³-hybridized carbons (Fsp3) is 0.938. The van der Waals surface area contributed by atoms with Crippen LogP contribution in [0, 0.1) is 23.7 Å². The van der Waals surface area contributed by atoms with Crippen LogP contribution in [-0.4, -0.2) is 36.0 Å². The lowest BCUT2D eigenvalue weighted by Crippen LogP contribution is -2.34. The van der Waals surface area contributed by atoms with Crippen LogP contribution in [0.4, 0.5) is 0 Å². The van der Waals surface area contributed by atoms with Gasteiger partial charge in [0.25, 0.3) is 0 Å². The Bertz CT molecular complexity index is 369. The highest BCUT2D eigenvalue weighted by Crippen LogP contribution is 2.43. The lowest BCUT2D eigenvalue weighted by atomic mass is 9.79. The van der Waals surface area contributed by atoms with E-state index in [9.17, 15) is 9.90 Å². The van der Waals surface area contributed by atoms with Crippen molar-refractivity contribution in [2.24, 2.45) is 23.7 Å². The molecule has 0 radical (unpaired) electrons. The molecule has 1 aliphatic heterocycles. The summed E-state index contributed by atoms with van der Waals surface area (Å²) in [5.74, 6) is 1.20. The number of epoxide rings is 1. The van der Waals surface area contributed by atoms with Gasteiger partial charge in [-0.25, -0.2) is 0 Å². The minimum atomic E-state index is -0.167. The maximum Gasteiger partial charge on any atom is 0.309 e. The molecule has 0 aromatic carbocycles. The third-order valence-electron chi connectivity index (χ3n) is 5.53. The Morgan fingerprint density at radius 3 is 2.65 bits per heavy atom. The standard InChI is InChI=1S/C16H26O4/c1-9-5-12(17)4-3-11(9)8-19-16(18)13-7-15-14(20-15)6-10(13)2/h9-15,17H,3-8H2,1-2H3. The summed E-state index contributed by atoms with van der Waals surface area (Å²) in [7, 11) is 0. The molecule has 0 aromatic heterocycles. The number of esters is 1. The van der Waals surface area contributed by atoms with Gasteiger partial charge in [-0.15, -0.1) is 0 Å². The van der Waals surface area contributed by atoms with Crippen LogP contribution < -0.4 is 0 Å². The van der Waals surface area contributed by atoms with E-state index in [1.807, 2.05) is 0 Å². The average Bonchev–Trinajstić information content (AvgIpc) is 3.14. The molecule has 1 N–H and O–H groups in total. The summed E-state index contributed by atoms with van der Waals surface area (Å²) in [6, 6.07) is 0. The molecule has 2 saturated carbocycles. The highest BCUT2D eigenvalue weighted by atomic mass is 16.6. The average molecular weight is 282 g/mol. The fourth-order valence-corrected chi connectivity index (χ4v) is 3.91. The predicted octanol–water partition coefficient (Wildman–Crippen LogP) is 2.14. The van der Waals surface area contributed by atoms with Gasteiger partial charge in [-0.2, -0.15) is 0 Å². The van der Waals surface area contributed by atoms with Crippen molar-refractivity contribution in [1.29, 1.82) is 0 Å². The van der Waals surface area contributed by atoms with Crippen LogP contribution in [0.3, 0.4) is 0 Å². The normalized spacial score (nSPS) is 47.5. The quantitative estimate of drug-likeness (QED) is 0.636. The Labute approximate surface area is 120 Å². The number of aliphatic hydroxyl groups is 1. The highest BCUT2D eigenvalue weighted by molar-refractivity contribution is 5.73. The summed E-state index contributed by atoms with van der Waals surface area (Å²) in [5, 5.41) is 9.63. The van der Waals surface area contributed by atoms with Crippen molar-refractivity contribution in [1.82, 2.24) is 0 Å². The second-order valence-electron chi connectivity index (χ2n) is 7.10. The first-order valence-electron chi connectivity index (χ1n) is 8.04. The number of ether oxygens (including phenoxy) is 2. The lowest BCUT2D eigenvalue weighted by Gasteiger charge is -2.32. The van der Waals surface area contributed by atoms with Gasteiger partial charge in [0.1, 0.15) is 0 Å². The summed E-state index contributed by atoms with van der Waals surface area (Å²) >= 11 is 0. The molecule has 4 heteroatoms. The van der Waals surface area contributed by atoms with Gasteiger partial charge in [0, 0.05) is 0 Å². The summed E-state index contributed by atoms with van der Waals surface area (Å²) in [6.45, 7) is 4.79. The first-order chi connectivity index (χ1) is 9.54. The molecule has 1 heterocycles. The van der Waals surface area contributed by atoms with Gasteiger partial charge in [-0.3, -0.25) is 4.79 Å². The number of aliphatic hydroxyl groups excluding tert-OH is 1. The number of hydrogen-bond acceptors (Lipinski definition) is 4. The Morgan fingerprint density at radius 2 is 1.90 bits per heavy atom. The molecule has 0 bridgehead atoms. The Balaban J connectivity index is 1.46. The molecule has 0 aromatic rings. The van der Waals surface area contributed by atoms with Crippen LogP contribution >= 0.6 is 0 Å². The van der Waals surface area contributed by atoms with Gasteiger partial charge in [-0.1, -0.05) is 13.8 Å². The van der Waals surface area contributed by atoms with E-state index in [1.54, 1.807) is 0 Å². The van der Waals surface area contributed by atoms with Gasteiger partial charge < -0.3 is 14.6 Å². The van der Waals surface area contributed by atoms with Crippen LogP contribution in [0.15, 0.2) is 0 Å². The number of carbonyl (C=O) groups excluding carboxylic acids is 1. The largest absolute Gasteiger partial charge is 0.465 e. The van der Waals surface area contributed by atoms with E-state index in [-0.39, 0.29) is 18.0 Å². The van der Waals surface area contributed by atoms with Crippen molar-refractivity contribution >= 4 is 5.97 Å². The molecule has 3 aliphatic rings. The zero-order valence-electron chi connectivity index (χ0n) is 12.5. The Hall–Kier alpha value is -0.610. The summed E-state index contributed by atoms with van der Waals surface area (Å²) in [4.78, 5) is 12.3. The third-order valence-corrected chi connectivity index (χ3v) is 5.53. The Kier molecular flexibility index (Phi) is 4.04. The van der Waals surface area contributed by atoms with Crippen LogP contribution in [0.25, 0.3) is 0 Å². The predicted molar refractivity (Wildman–Crippen MR) is 74.0 cm³/mol. The van der Waals surface area contributed by atoms with Crippen molar-refractivity contribution in [3.63, 3.8) is 0 Å². The first kappa shape index (κ1) is 14.3. The van der Waals surface area contributed by atoms with Crippen LogP contribution in [0.5, 0.6) is 0 Å². The van der Waals surface area contributed by atoms with Crippen molar-refractivity contribution in [2.75, 3.05) is 6.61 Å². The summed E-state index contributed by atoms with van der Waals surface area (Å²) in [5.41, 5.74) is 0. The van der Waals surface area contributed by atoms with Crippen LogP contribution in [-0.2, 0) is 14.3 Å². The van der Waals surface area contributed by atoms with Gasteiger partial charge >= 0.3 is 5.97 Å². The molecule has 3 rings (SSSR count). The second-order valence-corrected chi connectivity index (χ2v) is 7.10. The van der Waals surface area contributed by atoms with E-state index in [0.29, 0.717) is 36.6 Å². The monoisotopic (exact) mass is 282 g/mol. The van der Waals surface area contributed by atoms with E-state index < -0.39 is 0 Å². The zero-order valence-corrected chi connectivity index (χ0v) is 12.5. The van der Waals surface area contributed by atoms with Crippen molar-refractivity contribution < 1.29 is 19.4 Å². The Morgan fingerprint density at radius 1 is 1.15 bits per heavy atom. The molecule has 2 aliphatic carbocycles. The third kappa shape index (κ3) is 3.01. The second kappa shape index (κ2) is 5.64. The molecular weight excluding hydrogens is 256 g/mol. The van der Waals surface area contributed by atoms with Crippen molar-refractivity contribution in [2.45, 2.75) is 64.3 Å². The van der Waals surface area contributed by atoms with E-state index in [4.69, 9.17) is 9.47 Å². The highest BCUT2D eigenvalue weighted by Gasteiger charge is 2.49. The van der Waals surface area contributed by atoms with E-state index in [2.05, 4.69) is 13.8 Å². The van der Waals surface area contributed by atoms with Gasteiger partial charge in [0.2, 0.25) is 0 Å². The van der Waals surface area contributed by atoms with Crippen molar-refractivity contribution in [3.05, 3.63) is 0 Å². The molecule has 3 fully saturated rings. The minimum Gasteiger partial charge on any atom is -0.465 e. The molecule has 1 saturated heterocycles. The topological polar surface area (TPSA) is 59.1 Å². The maximum atomic E-state index is 12.3. The van der Waals surface area contributed by atoms with Gasteiger partial charge in [0.15, 0.2) is 0 Å². The number of carbonyl (C=O) groups is 1. The smallest absolute Gasteiger partial charge is 0.309 e. The molecule has 20 heavy (non-hydrogen) atoms. The van der Waals surface area contributed by atoms with E-state index in [1.165, 1.54) is 0 Å². The van der Waals surface area contributed by atoms with E-state index in [0.717, 1.165) is 32.1 Å². The molecule has 114 valence electrons.